The third-order valence-corrected chi connectivity index (χ3v) is 5.54. The van der Waals surface area contributed by atoms with E-state index in [9.17, 15) is 14.7 Å². The molecule has 4 heterocycles. The zero-order valence-corrected chi connectivity index (χ0v) is 16.1. The molecule has 0 radical (unpaired) electrons. The number of carboxylic acids is 1. The Kier molecular flexibility index (Phi) is 3.84. The number of hydrogen-bond acceptors (Lipinski definition) is 5. The summed E-state index contributed by atoms with van der Waals surface area (Å²) in [6.07, 6.45) is 7.61. The molecule has 6 nitrogen and oxygen atoms in total. The normalized spacial score (nSPS) is 20.6. The van der Waals surface area contributed by atoms with E-state index in [1.807, 2.05) is 34.9 Å². The smallest absolute Gasteiger partial charge is 0.543 e. The first-order chi connectivity index (χ1) is 11.6. The van der Waals surface area contributed by atoms with Crippen LogP contribution in [0.3, 0.4) is 0 Å². The van der Waals surface area contributed by atoms with Crippen LogP contribution in [-0.4, -0.2) is 32.2 Å². The Bertz CT molecular complexity index is 1110. The monoisotopic (exact) mass is 359 g/mol. The van der Waals surface area contributed by atoms with Gasteiger partial charge in [-0.3, -0.25) is 14.1 Å². The topological polar surface area (TPSA) is 77.7 Å². The van der Waals surface area contributed by atoms with Crippen LogP contribution in [0.1, 0.15) is 12.0 Å². The van der Waals surface area contributed by atoms with Gasteiger partial charge in [-0.25, -0.2) is 4.98 Å². The third-order valence-electron chi connectivity index (χ3n) is 4.51. The molecule has 1 aromatic carbocycles. The van der Waals surface area contributed by atoms with Crippen molar-refractivity contribution in [2.24, 2.45) is 0 Å². The number of benzene rings is 1. The second-order valence-electron chi connectivity index (χ2n) is 5.81. The van der Waals surface area contributed by atoms with Gasteiger partial charge in [0.15, 0.2) is 4.96 Å². The maximum Gasteiger partial charge on any atom is 1.00 e. The van der Waals surface area contributed by atoms with Gasteiger partial charge in [0.1, 0.15) is 0 Å². The minimum Gasteiger partial charge on any atom is -0.543 e. The summed E-state index contributed by atoms with van der Waals surface area (Å²) in [4.78, 5) is 29.8. The fraction of sp³-hybridized carbons (Fsp3) is 0.118. The fourth-order valence-corrected chi connectivity index (χ4v) is 4.43. The van der Waals surface area contributed by atoms with Crippen LogP contribution in [0.25, 0.3) is 21.3 Å². The summed E-state index contributed by atoms with van der Waals surface area (Å²) in [5.41, 5.74) is 2.63. The van der Waals surface area contributed by atoms with Crippen molar-refractivity contribution in [1.82, 2.24) is 14.3 Å². The molecule has 0 spiro atoms. The number of hydrogen-bond donors (Lipinski definition) is 0. The molecule has 1 fully saturated rings. The molecule has 0 N–H and O–H groups in total. The number of carbonyl (C=O) groups excluding carboxylic acids is 2. The summed E-state index contributed by atoms with van der Waals surface area (Å²) in [7, 11) is 0. The van der Waals surface area contributed by atoms with Gasteiger partial charge in [-0.1, -0.05) is 23.5 Å². The number of aromatic nitrogens is 2. The number of thiazole rings is 1. The van der Waals surface area contributed by atoms with Crippen LogP contribution >= 0.6 is 11.3 Å². The summed E-state index contributed by atoms with van der Waals surface area (Å²) in [6, 6.07) is 5.81. The average Bonchev–Trinajstić information content (AvgIpc) is 3.24. The summed E-state index contributed by atoms with van der Waals surface area (Å²) >= 11 is 1.59. The predicted molar refractivity (Wildman–Crippen MR) is 86.9 cm³/mol. The van der Waals surface area contributed by atoms with Crippen molar-refractivity contribution in [3.8, 4) is 0 Å². The minimum absolute atomic E-state index is 0. The van der Waals surface area contributed by atoms with Crippen molar-refractivity contribution in [3.05, 3.63) is 53.5 Å². The van der Waals surface area contributed by atoms with Crippen LogP contribution in [0.2, 0.25) is 0 Å². The van der Waals surface area contributed by atoms with Gasteiger partial charge in [-0.05, 0) is 30.2 Å². The molecular formula is C17H10N3NaO3S. The Morgan fingerprint density at radius 3 is 3.04 bits per heavy atom. The molecule has 2 aliphatic heterocycles. The van der Waals surface area contributed by atoms with E-state index >= 15 is 0 Å². The second-order valence-corrected chi connectivity index (χ2v) is 6.82. The standard InChI is InChI=1S/C17H11N3O3S.Na/c21-15-10(11-3-4-13(16(22)23)20(11)15)7-9-1-2-12-14(8-9)24-17-18-5-6-19(12)17;/h1-2,4-8,11H,3H2,(H,22,23);/q;+1/p-1/b10-7+;. The molecule has 1 atom stereocenters. The first-order valence-corrected chi connectivity index (χ1v) is 8.27. The van der Waals surface area contributed by atoms with E-state index in [1.54, 1.807) is 23.6 Å². The average molecular weight is 359 g/mol. The fourth-order valence-electron chi connectivity index (χ4n) is 3.39. The molecule has 3 aromatic rings. The molecule has 2 aliphatic rings. The van der Waals surface area contributed by atoms with Crippen molar-refractivity contribution in [3.63, 3.8) is 0 Å². The zero-order chi connectivity index (χ0) is 16.4. The van der Waals surface area contributed by atoms with Crippen molar-refractivity contribution in [2.75, 3.05) is 0 Å². The molecule has 5 rings (SSSR count). The number of nitrogens with zero attached hydrogens (tertiary/aromatic N) is 3. The molecule has 0 bridgehead atoms. The Balaban J connectivity index is 0.00000157. The quantitative estimate of drug-likeness (QED) is 0.307. The summed E-state index contributed by atoms with van der Waals surface area (Å²) < 4.78 is 3.12. The van der Waals surface area contributed by atoms with Crippen molar-refractivity contribution >= 4 is 44.5 Å². The van der Waals surface area contributed by atoms with Crippen molar-refractivity contribution < 1.29 is 44.3 Å². The molecular weight excluding hydrogens is 349 g/mol. The molecule has 8 heteroatoms. The molecule has 0 aliphatic carbocycles. The summed E-state index contributed by atoms with van der Waals surface area (Å²) in [6.45, 7) is 0. The largest absolute Gasteiger partial charge is 1.00 e. The third kappa shape index (κ3) is 2.31. The maximum atomic E-state index is 12.2. The van der Waals surface area contributed by atoms with E-state index in [2.05, 4.69) is 4.98 Å². The Morgan fingerprint density at radius 2 is 2.24 bits per heavy atom. The van der Waals surface area contributed by atoms with E-state index in [0.717, 1.165) is 20.7 Å². The predicted octanol–water partition coefficient (Wildman–Crippen LogP) is -1.82. The van der Waals surface area contributed by atoms with E-state index in [1.165, 1.54) is 4.90 Å². The van der Waals surface area contributed by atoms with Crippen LogP contribution in [-0.2, 0) is 9.59 Å². The Hall–Kier alpha value is -1.93. The number of rotatable bonds is 2. The Labute approximate surface area is 168 Å². The molecule has 1 saturated heterocycles. The first-order valence-electron chi connectivity index (χ1n) is 7.46. The molecule has 2 aromatic heterocycles. The number of imidazole rings is 1. The first kappa shape index (κ1) is 16.5. The van der Waals surface area contributed by atoms with Crippen molar-refractivity contribution in [2.45, 2.75) is 12.5 Å². The minimum atomic E-state index is -1.30. The Morgan fingerprint density at radius 1 is 1.40 bits per heavy atom. The van der Waals surface area contributed by atoms with Crippen LogP contribution in [0.15, 0.2) is 47.9 Å². The number of carboxylic acid groups (broad SMARTS) is 1. The summed E-state index contributed by atoms with van der Waals surface area (Å²) in [5, 5.41) is 11.0. The van der Waals surface area contributed by atoms with Gasteiger partial charge >= 0.3 is 29.6 Å². The van der Waals surface area contributed by atoms with E-state index in [-0.39, 0.29) is 47.2 Å². The zero-order valence-electron chi connectivity index (χ0n) is 13.3. The van der Waals surface area contributed by atoms with Gasteiger partial charge in [-0.2, -0.15) is 0 Å². The van der Waals surface area contributed by atoms with Gasteiger partial charge in [0.2, 0.25) is 0 Å². The number of aliphatic carboxylic acids is 1. The van der Waals surface area contributed by atoms with Gasteiger partial charge in [0.25, 0.3) is 5.91 Å². The molecule has 1 unspecified atom stereocenters. The molecule has 0 saturated carbocycles. The van der Waals surface area contributed by atoms with E-state index in [0.29, 0.717) is 12.0 Å². The van der Waals surface area contributed by atoms with Gasteiger partial charge < -0.3 is 9.90 Å². The molecule has 25 heavy (non-hydrogen) atoms. The maximum absolute atomic E-state index is 12.2. The number of carbonyl (C=O) groups is 2. The van der Waals surface area contributed by atoms with E-state index in [4.69, 9.17) is 0 Å². The van der Waals surface area contributed by atoms with Crippen molar-refractivity contribution in [1.29, 1.82) is 0 Å². The van der Waals surface area contributed by atoms with Gasteiger partial charge in [0, 0.05) is 18.0 Å². The number of β-lactam (4-membered cyclic amide) rings is 1. The SMILES string of the molecule is O=C([O-])C1=CCC2/C(=C\c3ccc4c(c3)sc3nccn34)C(=O)N12.[Na+]. The van der Waals surface area contributed by atoms with Gasteiger partial charge in [-0.15, -0.1) is 0 Å². The second kappa shape index (κ2) is 5.81. The molecule has 1 amide bonds. The van der Waals surface area contributed by atoms with E-state index < -0.39 is 5.97 Å². The van der Waals surface area contributed by atoms with Crippen LogP contribution in [0, 0.1) is 0 Å². The number of fused-ring (bicyclic) bond motifs is 4. The van der Waals surface area contributed by atoms with Gasteiger partial charge in [0.05, 0.1) is 27.9 Å². The van der Waals surface area contributed by atoms with Crippen LogP contribution < -0.4 is 34.7 Å². The van der Waals surface area contributed by atoms with Crippen LogP contribution in [0.4, 0.5) is 0 Å². The number of amides is 1. The molecule has 118 valence electrons. The summed E-state index contributed by atoms with van der Waals surface area (Å²) in [5.74, 6) is -1.55. The van der Waals surface area contributed by atoms with Crippen LogP contribution in [0.5, 0.6) is 0 Å².